The lowest BCUT2D eigenvalue weighted by Gasteiger charge is -2.07. The molecule has 0 amide bonds. The van der Waals surface area contributed by atoms with Gasteiger partial charge in [0.1, 0.15) is 23.3 Å². The van der Waals surface area contributed by atoms with E-state index in [1.165, 1.54) is 18.2 Å². The molecule has 2 aromatic carbocycles. The van der Waals surface area contributed by atoms with Gasteiger partial charge in [-0.3, -0.25) is 4.79 Å². The maximum atomic E-state index is 12.4. The maximum absolute atomic E-state index is 12.4. The van der Waals surface area contributed by atoms with Crippen LogP contribution in [0.2, 0.25) is 0 Å². The predicted octanol–water partition coefficient (Wildman–Crippen LogP) is 2.28. The van der Waals surface area contributed by atoms with Gasteiger partial charge in [-0.1, -0.05) is 0 Å². The van der Waals surface area contributed by atoms with E-state index in [9.17, 15) is 25.2 Å². The topological polar surface area (TPSA) is 111 Å². The lowest BCUT2D eigenvalue weighted by Crippen LogP contribution is -2.04. The summed E-state index contributed by atoms with van der Waals surface area (Å²) in [6.07, 6.45) is 1.12. The Labute approximate surface area is 117 Å². The monoisotopic (exact) mass is 286 g/mol. The lowest BCUT2D eigenvalue weighted by atomic mass is 10.0. The molecule has 3 aromatic rings. The fraction of sp³-hybridized carbons (Fsp3) is 0. The lowest BCUT2D eigenvalue weighted by molar-refractivity contribution is 0.397. The minimum atomic E-state index is -0.494. The van der Waals surface area contributed by atoms with E-state index in [4.69, 9.17) is 4.42 Å². The summed E-state index contributed by atoms with van der Waals surface area (Å²) in [6.45, 7) is 0. The number of hydrogen-bond donors (Lipinski definition) is 4. The Kier molecular flexibility index (Phi) is 2.72. The Hall–Kier alpha value is -3.15. The molecule has 0 radical (unpaired) electrons. The Balaban J connectivity index is 2.31. The van der Waals surface area contributed by atoms with Crippen LogP contribution in [0.4, 0.5) is 0 Å². The fourth-order valence-corrected chi connectivity index (χ4v) is 2.08. The third-order valence-electron chi connectivity index (χ3n) is 3.14. The number of phenolic OH excluding ortho intramolecular Hbond substituents is 4. The molecular formula is C15H10O6. The van der Waals surface area contributed by atoms with Crippen molar-refractivity contribution in [2.45, 2.75) is 0 Å². The average molecular weight is 286 g/mol. The quantitative estimate of drug-likeness (QED) is 0.403. The van der Waals surface area contributed by atoms with Gasteiger partial charge < -0.3 is 24.8 Å². The van der Waals surface area contributed by atoms with Crippen molar-refractivity contribution in [1.82, 2.24) is 0 Å². The minimum absolute atomic E-state index is 0.0287. The maximum Gasteiger partial charge on any atom is 0.200 e. The van der Waals surface area contributed by atoms with Gasteiger partial charge in [0, 0.05) is 17.7 Å². The second kappa shape index (κ2) is 4.45. The van der Waals surface area contributed by atoms with Crippen LogP contribution in [0.1, 0.15) is 0 Å². The van der Waals surface area contributed by atoms with Crippen LogP contribution in [0.3, 0.4) is 0 Å². The van der Waals surface area contributed by atoms with E-state index in [0.717, 1.165) is 18.4 Å². The Morgan fingerprint density at radius 2 is 1.52 bits per heavy atom. The van der Waals surface area contributed by atoms with E-state index in [1.54, 1.807) is 0 Å². The standard InChI is InChI=1S/C15H10O6/c16-7-1-2-8-14(3-7)21-6-10(15(8)20)9-4-12(18)13(19)5-11(9)17/h1-6,16-19H. The number of benzene rings is 2. The molecule has 1 heterocycles. The normalized spacial score (nSPS) is 10.9. The van der Waals surface area contributed by atoms with Gasteiger partial charge in [-0.2, -0.15) is 0 Å². The molecule has 3 rings (SSSR count). The molecule has 106 valence electrons. The molecule has 0 aliphatic rings. The molecule has 6 nitrogen and oxygen atoms in total. The molecule has 0 saturated carbocycles. The molecule has 4 N–H and O–H groups in total. The first-order valence-corrected chi connectivity index (χ1v) is 5.97. The van der Waals surface area contributed by atoms with Gasteiger partial charge in [0.2, 0.25) is 5.43 Å². The zero-order chi connectivity index (χ0) is 15.1. The van der Waals surface area contributed by atoms with Crippen LogP contribution in [-0.4, -0.2) is 20.4 Å². The van der Waals surface area contributed by atoms with Crippen LogP contribution in [0.15, 0.2) is 45.8 Å². The highest BCUT2D eigenvalue weighted by Gasteiger charge is 2.15. The SMILES string of the molecule is O=c1c(-c2cc(O)c(O)cc2O)coc2cc(O)ccc12. The van der Waals surface area contributed by atoms with Crippen LogP contribution < -0.4 is 5.43 Å². The first kappa shape index (κ1) is 12.9. The van der Waals surface area contributed by atoms with Gasteiger partial charge in [0.15, 0.2) is 11.5 Å². The van der Waals surface area contributed by atoms with Crippen LogP contribution in [0.5, 0.6) is 23.0 Å². The summed E-state index contributed by atoms with van der Waals surface area (Å²) in [5.74, 6) is -1.36. The molecule has 1 aromatic heterocycles. The van der Waals surface area contributed by atoms with Crippen molar-refractivity contribution in [3.63, 3.8) is 0 Å². The molecule has 0 fully saturated rings. The third kappa shape index (κ3) is 2.02. The zero-order valence-electron chi connectivity index (χ0n) is 10.6. The molecule has 0 unspecified atom stereocenters. The predicted molar refractivity (Wildman–Crippen MR) is 74.6 cm³/mol. The van der Waals surface area contributed by atoms with E-state index >= 15 is 0 Å². The summed E-state index contributed by atoms with van der Waals surface area (Å²) >= 11 is 0. The average Bonchev–Trinajstić information content (AvgIpc) is 2.44. The second-order valence-electron chi connectivity index (χ2n) is 4.52. The summed E-state index contributed by atoms with van der Waals surface area (Å²) < 4.78 is 5.27. The Morgan fingerprint density at radius 1 is 0.810 bits per heavy atom. The van der Waals surface area contributed by atoms with Gasteiger partial charge in [-0.25, -0.2) is 0 Å². The first-order chi connectivity index (χ1) is 9.97. The van der Waals surface area contributed by atoms with Crippen molar-refractivity contribution < 1.29 is 24.8 Å². The first-order valence-electron chi connectivity index (χ1n) is 5.97. The Bertz CT molecular complexity index is 910. The van der Waals surface area contributed by atoms with E-state index in [2.05, 4.69) is 0 Å². The van der Waals surface area contributed by atoms with Gasteiger partial charge in [-0.05, 0) is 18.2 Å². The minimum Gasteiger partial charge on any atom is -0.508 e. The summed E-state index contributed by atoms with van der Waals surface area (Å²) in [6, 6.07) is 6.05. The number of aromatic hydroxyl groups is 4. The molecule has 0 aliphatic heterocycles. The molecule has 6 heteroatoms. The molecule has 21 heavy (non-hydrogen) atoms. The van der Waals surface area contributed by atoms with Crippen molar-refractivity contribution in [2.24, 2.45) is 0 Å². The van der Waals surface area contributed by atoms with Gasteiger partial charge in [0.05, 0.1) is 10.9 Å². The molecular weight excluding hydrogens is 276 g/mol. The van der Waals surface area contributed by atoms with Crippen LogP contribution in [-0.2, 0) is 0 Å². The smallest absolute Gasteiger partial charge is 0.200 e. The fourth-order valence-electron chi connectivity index (χ4n) is 2.08. The highest BCUT2D eigenvalue weighted by atomic mass is 16.3. The van der Waals surface area contributed by atoms with Crippen LogP contribution in [0, 0.1) is 0 Å². The molecule has 0 atom stereocenters. The number of fused-ring (bicyclic) bond motifs is 1. The van der Waals surface area contributed by atoms with Crippen molar-refractivity contribution in [1.29, 1.82) is 0 Å². The summed E-state index contributed by atoms with van der Waals surface area (Å²) in [4.78, 5) is 12.4. The van der Waals surface area contributed by atoms with E-state index in [-0.39, 0.29) is 33.6 Å². The van der Waals surface area contributed by atoms with Gasteiger partial charge in [-0.15, -0.1) is 0 Å². The highest BCUT2D eigenvalue weighted by Crippen LogP contribution is 2.37. The number of phenols is 4. The van der Waals surface area contributed by atoms with Crippen LogP contribution >= 0.6 is 0 Å². The molecule has 0 bridgehead atoms. The summed E-state index contributed by atoms with van der Waals surface area (Å²) in [5.41, 5.74) is -0.169. The van der Waals surface area contributed by atoms with Crippen molar-refractivity contribution >= 4 is 11.0 Å². The van der Waals surface area contributed by atoms with Gasteiger partial charge >= 0.3 is 0 Å². The summed E-state index contributed by atoms with van der Waals surface area (Å²) in [7, 11) is 0. The third-order valence-corrected chi connectivity index (χ3v) is 3.14. The van der Waals surface area contributed by atoms with Gasteiger partial charge in [0.25, 0.3) is 0 Å². The second-order valence-corrected chi connectivity index (χ2v) is 4.52. The van der Waals surface area contributed by atoms with E-state index in [1.807, 2.05) is 0 Å². The molecule has 0 aliphatic carbocycles. The van der Waals surface area contributed by atoms with Crippen molar-refractivity contribution in [3.8, 4) is 34.1 Å². The number of hydrogen-bond acceptors (Lipinski definition) is 6. The highest BCUT2D eigenvalue weighted by molar-refractivity contribution is 5.84. The Morgan fingerprint density at radius 3 is 2.29 bits per heavy atom. The molecule has 0 saturated heterocycles. The van der Waals surface area contributed by atoms with E-state index in [0.29, 0.717) is 0 Å². The van der Waals surface area contributed by atoms with Crippen molar-refractivity contribution in [3.05, 3.63) is 46.8 Å². The molecule has 0 spiro atoms. The van der Waals surface area contributed by atoms with Crippen LogP contribution in [0.25, 0.3) is 22.1 Å². The number of rotatable bonds is 1. The van der Waals surface area contributed by atoms with E-state index < -0.39 is 16.9 Å². The zero-order valence-corrected chi connectivity index (χ0v) is 10.6. The summed E-state index contributed by atoms with van der Waals surface area (Å²) in [5, 5.41) is 38.2. The van der Waals surface area contributed by atoms with Crippen molar-refractivity contribution in [2.75, 3.05) is 0 Å². The largest absolute Gasteiger partial charge is 0.508 e.